The van der Waals surface area contributed by atoms with Gasteiger partial charge in [-0.15, -0.1) is 0 Å². The van der Waals surface area contributed by atoms with Crippen molar-refractivity contribution < 1.29 is 17.9 Å². The van der Waals surface area contributed by atoms with Gasteiger partial charge in [-0.1, -0.05) is 35.9 Å². The molecule has 0 aromatic heterocycles. The highest BCUT2D eigenvalue weighted by molar-refractivity contribution is 7.89. The van der Waals surface area contributed by atoms with E-state index in [9.17, 15) is 13.2 Å². The van der Waals surface area contributed by atoms with Gasteiger partial charge in [0.1, 0.15) is 0 Å². The van der Waals surface area contributed by atoms with Crippen molar-refractivity contribution in [3.05, 3.63) is 64.2 Å². The lowest BCUT2D eigenvalue weighted by molar-refractivity contribution is -0.0345. The van der Waals surface area contributed by atoms with Crippen molar-refractivity contribution in [2.75, 3.05) is 13.1 Å². The molecule has 0 saturated carbocycles. The lowest BCUT2D eigenvalue weighted by Crippen LogP contribution is -2.48. The zero-order valence-electron chi connectivity index (χ0n) is 14.2. The van der Waals surface area contributed by atoms with Crippen LogP contribution in [0.4, 0.5) is 0 Å². The Morgan fingerprint density at radius 2 is 1.96 bits per heavy atom. The first-order valence-electron chi connectivity index (χ1n) is 8.43. The number of aryl methyl sites for hydroxylation is 1. The number of halogens is 1. The van der Waals surface area contributed by atoms with Crippen molar-refractivity contribution in [2.24, 2.45) is 0 Å². The van der Waals surface area contributed by atoms with E-state index in [1.165, 1.54) is 10.4 Å². The van der Waals surface area contributed by atoms with Gasteiger partial charge in [0.25, 0.3) is 0 Å². The van der Waals surface area contributed by atoms with E-state index in [0.29, 0.717) is 35.5 Å². The second-order valence-electron chi connectivity index (χ2n) is 6.78. The summed E-state index contributed by atoms with van der Waals surface area (Å²) in [5.74, 6) is -0.390. The fourth-order valence-corrected chi connectivity index (χ4v) is 5.84. The van der Waals surface area contributed by atoms with Gasteiger partial charge in [-0.3, -0.25) is 0 Å². The first-order chi connectivity index (χ1) is 12.3. The predicted molar refractivity (Wildman–Crippen MR) is 97.7 cm³/mol. The normalized spacial score (nSPS) is 23.1. The molecule has 4 rings (SSSR count). The van der Waals surface area contributed by atoms with E-state index in [4.69, 9.17) is 16.3 Å². The molecule has 0 bridgehead atoms. The maximum Gasteiger partial charge on any atom is 0.339 e. The highest BCUT2D eigenvalue weighted by atomic mass is 35.5. The van der Waals surface area contributed by atoms with Gasteiger partial charge in [0, 0.05) is 17.1 Å². The summed E-state index contributed by atoms with van der Waals surface area (Å²) in [5, 5.41) is 0.374. The first-order valence-corrected chi connectivity index (χ1v) is 10.2. The van der Waals surface area contributed by atoms with Crippen LogP contribution in [0.2, 0.25) is 5.02 Å². The number of piperidine rings is 1. The van der Waals surface area contributed by atoms with E-state index in [0.717, 1.165) is 5.56 Å². The molecule has 2 aliphatic rings. The monoisotopic (exact) mass is 391 g/mol. The third kappa shape index (κ3) is 2.64. The van der Waals surface area contributed by atoms with Crippen molar-refractivity contribution >= 4 is 27.6 Å². The third-order valence-corrected chi connectivity index (χ3v) is 7.34. The molecular weight excluding hydrogens is 374 g/mol. The molecule has 0 aliphatic carbocycles. The number of carbonyl (C=O) groups excluding carboxylic acids is 1. The smallest absolute Gasteiger partial charge is 0.339 e. The van der Waals surface area contributed by atoms with Crippen LogP contribution in [-0.2, 0) is 20.4 Å². The Balaban J connectivity index is 1.74. The zero-order chi connectivity index (χ0) is 18.5. The summed E-state index contributed by atoms with van der Waals surface area (Å²) in [4.78, 5) is 12.5. The van der Waals surface area contributed by atoms with Crippen LogP contribution < -0.4 is 0 Å². The number of ether oxygens (including phenoxy) is 1. The standard InChI is InChI=1S/C19H18ClNO4S/c1-13-7-8-14(20)11-17(13)26(23,24)21-10-4-9-19(12-21)16-6-3-2-5-15(16)18(22)25-19/h2-3,5-8,11H,4,9-10,12H2,1H3. The van der Waals surface area contributed by atoms with Gasteiger partial charge in [-0.25, -0.2) is 13.2 Å². The number of fused-ring (bicyclic) bond motifs is 2. The number of benzene rings is 2. The molecule has 1 atom stereocenters. The molecule has 26 heavy (non-hydrogen) atoms. The molecule has 1 unspecified atom stereocenters. The molecule has 2 aromatic carbocycles. The van der Waals surface area contributed by atoms with Gasteiger partial charge in [-0.2, -0.15) is 4.31 Å². The summed E-state index contributed by atoms with van der Waals surface area (Å²) < 4.78 is 33.6. The van der Waals surface area contributed by atoms with Gasteiger partial charge < -0.3 is 4.74 Å². The van der Waals surface area contributed by atoms with E-state index in [2.05, 4.69) is 0 Å². The molecule has 7 heteroatoms. The Kier molecular flexibility index (Phi) is 4.10. The van der Waals surface area contributed by atoms with E-state index in [1.54, 1.807) is 31.2 Å². The number of hydrogen-bond acceptors (Lipinski definition) is 4. The average molecular weight is 392 g/mol. The van der Waals surface area contributed by atoms with Gasteiger partial charge in [-0.05, 0) is 43.5 Å². The Morgan fingerprint density at radius 1 is 1.19 bits per heavy atom. The van der Waals surface area contributed by atoms with Crippen molar-refractivity contribution in [1.82, 2.24) is 4.31 Å². The fourth-order valence-electron chi connectivity index (χ4n) is 3.83. The van der Waals surface area contributed by atoms with Crippen LogP contribution in [0.15, 0.2) is 47.4 Å². The van der Waals surface area contributed by atoms with Crippen LogP contribution in [0.3, 0.4) is 0 Å². The predicted octanol–water partition coefficient (Wildman–Crippen LogP) is 3.50. The fraction of sp³-hybridized carbons (Fsp3) is 0.316. The Labute approximate surface area is 157 Å². The highest BCUT2D eigenvalue weighted by Crippen LogP contribution is 2.44. The molecule has 2 heterocycles. The van der Waals surface area contributed by atoms with Crippen LogP contribution in [0.5, 0.6) is 0 Å². The van der Waals surface area contributed by atoms with Crippen LogP contribution in [-0.4, -0.2) is 31.8 Å². The number of rotatable bonds is 2. The summed E-state index contributed by atoms with van der Waals surface area (Å²) in [7, 11) is -3.74. The van der Waals surface area contributed by atoms with Gasteiger partial charge >= 0.3 is 5.97 Å². The largest absolute Gasteiger partial charge is 0.449 e. The van der Waals surface area contributed by atoms with E-state index >= 15 is 0 Å². The summed E-state index contributed by atoms with van der Waals surface area (Å²) in [6, 6.07) is 12.0. The van der Waals surface area contributed by atoms with E-state index < -0.39 is 21.6 Å². The zero-order valence-corrected chi connectivity index (χ0v) is 15.8. The summed E-state index contributed by atoms with van der Waals surface area (Å²) in [6.07, 6.45) is 1.22. The quantitative estimate of drug-likeness (QED) is 0.735. The lowest BCUT2D eigenvalue weighted by atomic mass is 9.86. The minimum atomic E-state index is -3.74. The van der Waals surface area contributed by atoms with E-state index in [1.807, 2.05) is 12.1 Å². The molecule has 0 N–H and O–H groups in total. The maximum absolute atomic E-state index is 13.2. The molecule has 2 aliphatic heterocycles. The number of nitrogens with zero attached hydrogens (tertiary/aromatic N) is 1. The lowest BCUT2D eigenvalue weighted by Gasteiger charge is -2.39. The molecule has 0 radical (unpaired) electrons. The minimum absolute atomic E-state index is 0.115. The minimum Gasteiger partial charge on any atom is -0.449 e. The Hall–Kier alpha value is -1.89. The third-order valence-electron chi connectivity index (χ3n) is 5.11. The molecule has 1 saturated heterocycles. The van der Waals surface area contributed by atoms with Crippen LogP contribution >= 0.6 is 11.6 Å². The van der Waals surface area contributed by atoms with Crippen LogP contribution in [0, 0.1) is 6.92 Å². The number of hydrogen-bond donors (Lipinski definition) is 0. The molecule has 136 valence electrons. The summed E-state index contributed by atoms with van der Waals surface area (Å²) in [5.41, 5.74) is 1.02. The maximum atomic E-state index is 13.2. The van der Waals surface area contributed by atoms with Crippen molar-refractivity contribution in [1.29, 1.82) is 0 Å². The van der Waals surface area contributed by atoms with Crippen molar-refractivity contribution in [2.45, 2.75) is 30.3 Å². The van der Waals surface area contributed by atoms with Crippen molar-refractivity contribution in [3.63, 3.8) is 0 Å². The van der Waals surface area contributed by atoms with E-state index in [-0.39, 0.29) is 11.4 Å². The molecule has 5 nitrogen and oxygen atoms in total. The Morgan fingerprint density at radius 3 is 2.77 bits per heavy atom. The van der Waals surface area contributed by atoms with Gasteiger partial charge in [0.05, 0.1) is 17.0 Å². The van der Waals surface area contributed by atoms with Gasteiger partial charge in [0.15, 0.2) is 5.60 Å². The van der Waals surface area contributed by atoms with Crippen LogP contribution in [0.25, 0.3) is 0 Å². The molecule has 2 aromatic rings. The second kappa shape index (κ2) is 6.08. The summed E-state index contributed by atoms with van der Waals surface area (Å²) in [6.45, 7) is 2.24. The SMILES string of the molecule is Cc1ccc(Cl)cc1S(=O)(=O)N1CCCC2(C1)OC(=O)c1ccccc12. The second-order valence-corrected chi connectivity index (χ2v) is 9.12. The van der Waals surface area contributed by atoms with Crippen LogP contribution in [0.1, 0.15) is 34.3 Å². The molecular formula is C19H18ClNO4S. The topological polar surface area (TPSA) is 63.7 Å². The Bertz CT molecular complexity index is 1000. The number of esters is 1. The molecule has 1 spiro atoms. The average Bonchev–Trinajstić information content (AvgIpc) is 2.89. The van der Waals surface area contributed by atoms with Crippen molar-refractivity contribution in [3.8, 4) is 0 Å². The number of sulfonamides is 1. The molecule has 0 amide bonds. The highest BCUT2D eigenvalue weighted by Gasteiger charge is 2.50. The summed E-state index contributed by atoms with van der Waals surface area (Å²) >= 11 is 6.02. The first kappa shape index (κ1) is 17.5. The van der Waals surface area contributed by atoms with Gasteiger partial charge in [0.2, 0.25) is 10.0 Å². The number of carbonyl (C=O) groups is 1. The molecule has 1 fully saturated rings.